The molecular weight excluding hydrogens is 366 g/mol. The van der Waals surface area contributed by atoms with E-state index in [2.05, 4.69) is 15.2 Å². The number of ether oxygens (including phenoxy) is 1. The molecule has 2 heterocycles. The van der Waals surface area contributed by atoms with E-state index >= 15 is 0 Å². The Kier molecular flexibility index (Phi) is 5.48. The number of hydrogen-bond acceptors (Lipinski definition) is 5. The number of para-hydroxylation sites is 1. The van der Waals surface area contributed by atoms with E-state index in [1.807, 2.05) is 66.9 Å². The normalized spacial score (nSPS) is 11.2. The zero-order valence-electron chi connectivity index (χ0n) is 15.6. The van der Waals surface area contributed by atoms with E-state index in [1.54, 1.807) is 29.2 Å². The first-order valence-electron chi connectivity index (χ1n) is 9.02. The summed E-state index contributed by atoms with van der Waals surface area (Å²) in [6, 6.07) is 22.7. The number of nitrogens with zero attached hydrogens (tertiary/aromatic N) is 4. The van der Waals surface area contributed by atoms with Crippen LogP contribution >= 0.6 is 0 Å². The highest BCUT2D eigenvalue weighted by atomic mass is 16.6. The van der Waals surface area contributed by atoms with Crippen molar-refractivity contribution in [1.29, 1.82) is 0 Å². The van der Waals surface area contributed by atoms with Gasteiger partial charge in [0.1, 0.15) is 12.4 Å². The van der Waals surface area contributed by atoms with Crippen LogP contribution in [0.5, 0.6) is 11.6 Å². The van der Waals surface area contributed by atoms with E-state index in [1.165, 1.54) is 0 Å². The lowest BCUT2D eigenvalue weighted by Gasteiger charge is -2.06. The number of hydrogen-bond donors (Lipinski definition) is 1. The standard InChI is InChI=1S/C22H19N5O2/c23-22(18-9-12-21(24-15-18)29-20-5-2-1-3-6-20)26-28-16-17-7-10-19(11-8-17)27-14-4-13-25-27/h1-15H,16H2,(H2,23,26). The van der Waals surface area contributed by atoms with Gasteiger partial charge in [-0.25, -0.2) is 9.67 Å². The molecule has 0 aliphatic heterocycles. The summed E-state index contributed by atoms with van der Waals surface area (Å²) in [6.45, 7) is 0.308. The van der Waals surface area contributed by atoms with Crippen molar-refractivity contribution in [3.05, 3.63) is 103 Å². The highest BCUT2D eigenvalue weighted by Crippen LogP contribution is 2.18. The fraction of sp³-hybridized carbons (Fsp3) is 0.0455. The molecule has 0 saturated heterocycles. The summed E-state index contributed by atoms with van der Waals surface area (Å²) < 4.78 is 7.45. The second-order valence-electron chi connectivity index (χ2n) is 6.17. The SMILES string of the molecule is N/C(=N/OCc1ccc(-n2cccn2)cc1)c1ccc(Oc2ccccc2)nc1. The third-order valence-corrected chi connectivity index (χ3v) is 4.10. The van der Waals surface area contributed by atoms with Crippen molar-refractivity contribution in [2.75, 3.05) is 0 Å². The summed E-state index contributed by atoms with van der Waals surface area (Å²) in [7, 11) is 0. The van der Waals surface area contributed by atoms with Gasteiger partial charge < -0.3 is 15.3 Å². The fourth-order valence-corrected chi connectivity index (χ4v) is 2.60. The van der Waals surface area contributed by atoms with Crippen molar-refractivity contribution in [3.8, 4) is 17.3 Å². The fourth-order valence-electron chi connectivity index (χ4n) is 2.60. The number of oxime groups is 1. The second kappa shape index (κ2) is 8.71. The van der Waals surface area contributed by atoms with Crippen LogP contribution in [0.25, 0.3) is 5.69 Å². The molecule has 0 atom stereocenters. The molecule has 2 aromatic heterocycles. The topological polar surface area (TPSA) is 87.6 Å². The van der Waals surface area contributed by atoms with Gasteiger partial charge in [0.15, 0.2) is 5.84 Å². The maximum Gasteiger partial charge on any atom is 0.219 e. The van der Waals surface area contributed by atoms with Crippen LogP contribution in [0.3, 0.4) is 0 Å². The summed E-state index contributed by atoms with van der Waals surface area (Å²) in [5.74, 6) is 1.44. The molecule has 4 rings (SSSR count). The molecule has 0 unspecified atom stereocenters. The van der Waals surface area contributed by atoms with Gasteiger partial charge >= 0.3 is 0 Å². The lowest BCUT2D eigenvalue weighted by Crippen LogP contribution is -2.14. The van der Waals surface area contributed by atoms with E-state index in [0.29, 0.717) is 18.1 Å². The molecule has 0 spiro atoms. The molecule has 2 aromatic carbocycles. The quantitative estimate of drug-likeness (QED) is 0.296. The van der Waals surface area contributed by atoms with Gasteiger partial charge in [-0.1, -0.05) is 35.5 Å². The van der Waals surface area contributed by atoms with E-state index in [9.17, 15) is 0 Å². The predicted octanol–water partition coefficient (Wildman–Crippen LogP) is 3.90. The van der Waals surface area contributed by atoms with Gasteiger partial charge in [0.05, 0.1) is 5.69 Å². The van der Waals surface area contributed by atoms with Gasteiger partial charge in [-0.2, -0.15) is 5.10 Å². The molecule has 0 bridgehead atoms. The van der Waals surface area contributed by atoms with Crippen LogP contribution in [0.2, 0.25) is 0 Å². The van der Waals surface area contributed by atoms with Gasteiger partial charge in [-0.3, -0.25) is 0 Å². The van der Waals surface area contributed by atoms with Crippen LogP contribution in [0.1, 0.15) is 11.1 Å². The summed E-state index contributed by atoms with van der Waals surface area (Å²) in [5, 5.41) is 8.17. The average Bonchev–Trinajstić information content (AvgIpc) is 3.30. The Bertz CT molecular complexity index is 1060. The van der Waals surface area contributed by atoms with Crippen LogP contribution in [-0.4, -0.2) is 20.6 Å². The van der Waals surface area contributed by atoms with Gasteiger partial charge in [0.25, 0.3) is 0 Å². The number of amidine groups is 1. The molecule has 29 heavy (non-hydrogen) atoms. The number of nitrogens with two attached hydrogens (primary N) is 1. The third-order valence-electron chi connectivity index (χ3n) is 4.10. The zero-order chi connectivity index (χ0) is 19.9. The number of pyridine rings is 1. The first-order chi connectivity index (χ1) is 14.3. The van der Waals surface area contributed by atoms with Crippen molar-refractivity contribution in [1.82, 2.24) is 14.8 Å². The summed E-state index contributed by atoms with van der Waals surface area (Å²) in [5.41, 5.74) is 8.59. The molecule has 4 aromatic rings. The highest BCUT2D eigenvalue weighted by molar-refractivity contribution is 5.96. The maximum atomic E-state index is 5.98. The van der Waals surface area contributed by atoms with Crippen molar-refractivity contribution in [3.63, 3.8) is 0 Å². The van der Waals surface area contributed by atoms with Crippen molar-refractivity contribution < 1.29 is 9.57 Å². The third kappa shape index (κ3) is 4.78. The summed E-state index contributed by atoms with van der Waals surface area (Å²) in [6.07, 6.45) is 5.23. The van der Waals surface area contributed by atoms with E-state index in [-0.39, 0.29) is 5.84 Å². The smallest absolute Gasteiger partial charge is 0.219 e. The average molecular weight is 385 g/mol. The molecule has 0 saturated carbocycles. The Labute approximate surface area is 168 Å². The Hall–Kier alpha value is -4.13. The molecule has 0 fully saturated rings. The molecule has 0 amide bonds. The minimum absolute atomic E-state index is 0.247. The highest BCUT2D eigenvalue weighted by Gasteiger charge is 2.03. The van der Waals surface area contributed by atoms with Gasteiger partial charge in [0, 0.05) is 30.2 Å². The largest absolute Gasteiger partial charge is 0.439 e. The maximum absolute atomic E-state index is 5.98. The minimum Gasteiger partial charge on any atom is -0.439 e. The van der Waals surface area contributed by atoms with Crippen LogP contribution in [0.15, 0.2) is 96.5 Å². The molecule has 2 N–H and O–H groups in total. The van der Waals surface area contributed by atoms with E-state index in [4.69, 9.17) is 15.3 Å². The molecule has 0 radical (unpaired) electrons. The lowest BCUT2D eigenvalue weighted by atomic mass is 10.2. The molecule has 7 nitrogen and oxygen atoms in total. The zero-order valence-corrected chi connectivity index (χ0v) is 15.6. The summed E-state index contributed by atoms with van der Waals surface area (Å²) >= 11 is 0. The number of aromatic nitrogens is 3. The number of benzene rings is 2. The Morgan fingerprint density at radius 2 is 1.79 bits per heavy atom. The molecular formula is C22H19N5O2. The molecule has 144 valence electrons. The Balaban J connectivity index is 1.32. The Morgan fingerprint density at radius 1 is 0.966 bits per heavy atom. The van der Waals surface area contributed by atoms with Crippen molar-refractivity contribution in [2.24, 2.45) is 10.9 Å². The van der Waals surface area contributed by atoms with Crippen LogP contribution < -0.4 is 10.5 Å². The lowest BCUT2D eigenvalue weighted by molar-refractivity contribution is 0.130. The predicted molar refractivity (Wildman–Crippen MR) is 110 cm³/mol. The minimum atomic E-state index is 0.247. The molecule has 7 heteroatoms. The molecule has 0 aliphatic rings. The van der Waals surface area contributed by atoms with Gasteiger partial charge in [-0.05, 0) is 42.0 Å². The van der Waals surface area contributed by atoms with Crippen molar-refractivity contribution >= 4 is 5.84 Å². The first kappa shape index (κ1) is 18.2. The van der Waals surface area contributed by atoms with E-state index in [0.717, 1.165) is 17.0 Å². The first-order valence-corrected chi connectivity index (χ1v) is 9.02. The van der Waals surface area contributed by atoms with Crippen LogP contribution in [-0.2, 0) is 11.4 Å². The van der Waals surface area contributed by atoms with Gasteiger partial charge in [-0.15, -0.1) is 0 Å². The van der Waals surface area contributed by atoms with Crippen molar-refractivity contribution in [2.45, 2.75) is 6.61 Å². The monoisotopic (exact) mass is 385 g/mol. The second-order valence-corrected chi connectivity index (χ2v) is 6.17. The van der Waals surface area contributed by atoms with E-state index < -0.39 is 0 Å². The Morgan fingerprint density at radius 3 is 2.48 bits per heavy atom. The van der Waals surface area contributed by atoms with Crippen LogP contribution in [0, 0.1) is 0 Å². The summed E-state index contributed by atoms with van der Waals surface area (Å²) in [4.78, 5) is 9.62. The van der Waals surface area contributed by atoms with Gasteiger partial charge in [0.2, 0.25) is 5.88 Å². The number of rotatable bonds is 7. The van der Waals surface area contributed by atoms with Crippen LogP contribution in [0.4, 0.5) is 0 Å². The molecule has 0 aliphatic carbocycles.